The fourth-order valence-corrected chi connectivity index (χ4v) is 2.20. The molecular formula is C13H15BrO2. The van der Waals surface area contributed by atoms with Crippen LogP contribution in [0.4, 0.5) is 0 Å². The van der Waals surface area contributed by atoms with Gasteiger partial charge in [0.25, 0.3) is 0 Å². The van der Waals surface area contributed by atoms with Crippen LogP contribution in [0.5, 0.6) is 0 Å². The molecule has 1 fully saturated rings. The molecule has 2 rings (SSSR count). The average molecular weight is 283 g/mol. The molecule has 1 unspecified atom stereocenters. The molecular weight excluding hydrogens is 268 g/mol. The maximum atomic E-state index is 11.1. The molecule has 1 atom stereocenters. The first kappa shape index (κ1) is 11.6. The summed E-state index contributed by atoms with van der Waals surface area (Å²) in [5, 5.41) is 9.16. The molecule has 1 N–H and O–H groups in total. The predicted molar refractivity (Wildman–Crippen MR) is 66.3 cm³/mol. The van der Waals surface area contributed by atoms with Gasteiger partial charge in [0.15, 0.2) is 0 Å². The number of hydrogen-bond donors (Lipinski definition) is 1. The first-order valence-electron chi connectivity index (χ1n) is 5.62. The highest BCUT2D eigenvalue weighted by molar-refractivity contribution is 9.10. The summed E-state index contributed by atoms with van der Waals surface area (Å²) in [6.07, 6.45) is 3.92. The number of benzene rings is 1. The molecule has 1 aromatic carbocycles. The smallest absolute Gasteiger partial charge is 0.306 e. The second-order valence-electron chi connectivity index (χ2n) is 4.54. The van der Waals surface area contributed by atoms with Crippen LogP contribution in [0.25, 0.3) is 0 Å². The molecule has 0 heterocycles. The van der Waals surface area contributed by atoms with Crippen molar-refractivity contribution in [2.24, 2.45) is 11.8 Å². The number of carboxylic acids is 1. The van der Waals surface area contributed by atoms with Gasteiger partial charge in [0.1, 0.15) is 0 Å². The normalized spacial score (nSPS) is 17.1. The Bertz CT molecular complexity index is 368. The third kappa shape index (κ3) is 3.34. The fraction of sp³-hybridized carbons (Fsp3) is 0.462. The molecule has 0 bridgehead atoms. The van der Waals surface area contributed by atoms with Gasteiger partial charge in [-0.3, -0.25) is 4.79 Å². The zero-order valence-corrected chi connectivity index (χ0v) is 10.6. The summed E-state index contributed by atoms with van der Waals surface area (Å²) in [6.45, 7) is 0. The summed E-state index contributed by atoms with van der Waals surface area (Å²) in [5.74, 6) is -0.208. The van der Waals surface area contributed by atoms with Crippen LogP contribution >= 0.6 is 15.9 Å². The van der Waals surface area contributed by atoms with Gasteiger partial charge in [-0.05, 0) is 36.5 Å². The lowest BCUT2D eigenvalue weighted by Crippen LogP contribution is -2.17. The highest BCUT2D eigenvalue weighted by Crippen LogP contribution is 2.36. The Hall–Kier alpha value is -0.830. The van der Waals surface area contributed by atoms with Gasteiger partial charge < -0.3 is 5.11 Å². The lowest BCUT2D eigenvalue weighted by molar-refractivity contribution is -0.142. The Morgan fingerprint density at radius 3 is 2.50 bits per heavy atom. The Balaban J connectivity index is 1.98. The summed E-state index contributed by atoms with van der Waals surface area (Å²) in [6, 6.07) is 7.91. The maximum absolute atomic E-state index is 11.1. The SMILES string of the molecule is O=C(O)C(Cc1ccc(Br)cc1)CC1CC1. The summed E-state index contributed by atoms with van der Waals surface area (Å²) in [7, 11) is 0. The molecule has 86 valence electrons. The topological polar surface area (TPSA) is 37.3 Å². The van der Waals surface area contributed by atoms with Crippen LogP contribution in [0.2, 0.25) is 0 Å². The zero-order chi connectivity index (χ0) is 11.5. The molecule has 0 saturated heterocycles. The number of rotatable bonds is 5. The van der Waals surface area contributed by atoms with Gasteiger partial charge in [-0.25, -0.2) is 0 Å². The van der Waals surface area contributed by atoms with E-state index in [0.717, 1.165) is 16.5 Å². The lowest BCUT2D eigenvalue weighted by Gasteiger charge is -2.11. The molecule has 0 aliphatic heterocycles. The van der Waals surface area contributed by atoms with Crippen LogP contribution in [0.15, 0.2) is 28.7 Å². The summed E-state index contributed by atoms with van der Waals surface area (Å²) >= 11 is 3.37. The Morgan fingerprint density at radius 1 is 1.38 bits per heavy atom. The van der Waals surface area contributed by atoms with E-state index in [4.69, 9.17) is 5.11 Å². The second-order valence-corrected chi connectivity index (χ2v) is 5.46. The maximum Gasteiger partial charge on any atom is 0.306 e. The standard InChI is InChI=1S/C13H15BrO2/c14-12-5-3-10(4-6-12)8-11(13(15)16)7-9-1-2-9/h3-6,9,11H,1-2,7-8H2,(H,15,16). The molecule has 1 aromatic rings. The number of aliphatic carboxylic acids is 1. The van der Waals surface area contributed by atoms with Crippen molar-refractivity contribution in [3.8, 4) is 0 Å². The molecule has 0 aromatic heterocycles. The fourth-order valence-electron chi connectivity index (χ4n) is 1.93. The monoisotopic (exact) mass is 282 g/mol. The Morgan fingerprint density at radius 2 is 2.00 bits per heavy atom. The highest BCUT2D eigenvalue weighted by Gasteiger charge is 2.29. The van der Waals surface area contributed by atoms with Crippen molar-refractivity contribution in [2.45, 2.75) is 25.7 Å². The van der Waals surface area contributed by atoms with E-state index in [1.165, 1.54) is 12.8 Å². The molecule has 1 saturated carbocycles. The van der Waals surface area contributed by atoms with E-state index in [1.54, 1.807) is 0 Å². The number of halogens is 1. The van der Waals surface area contributed by atoms with Crippen molar-refractivity contribution in [3.63, 3.8) is 0 Å². The van der Waals surface area contributed by atoms with Gasteiger partial charge in [0, 0.05) is 4.47 Å². The number of carbonyl (C=O) groups is 1. The quantitative estimate of drug-likeness (QED) is 0.898. The Labute approximate surface area is 104 Å². The third-order valence-electron chi connectivity index (χ3n) is 3.06. The van der Waals surface area contributed by atoms with Gasteiger partial charge in [0.2, 0.25) is 0 Å². The Kier molecular flexibility index (Phi) is 3.64. The van der Waals surface area contributed by atoms with Crippen LogP contribution in [0, 0.1) is 11.8 Å². The highest BCUT2D eigenvalue weighted by atomic mass is 79.9. The van der Waals surface area contributed by atoms with Crippen LogP contribution in [0.1, 0.15) is 24.8 Å². The molecule has 3 heteroatoms. The van der Waals surface area contributed by atoms with Crippen molar-refractivity contribution in [1.82, 2.24) is 0 Å². The molecule has 0 amide bonds. The van der Waals surface area contributed by atoms with Gasteiger partial charge in [-0.15, -0.1) is 0 Å². The first-order valence-corrected chi connectivity index (χ1v) is 6.41. The van der Waals surface area contributed by atoms with Gasteiger partial charge in [-0.2, -0.15) is 0 Å². The lowest BCUT2D eigenvalue weighted by atomic mass is 9.94. The van der Waals surface area contributed by atoms with Crippen molar-refractivity contribution >= 4 is 21.9 Å². The summed E-state index contributed by atoms with van der Waals surface area (Å²) in [4.78, 5) is 11.1. The third-order valence-corrected chi connectivity index (χ3v) is 3.59. The zero-order valence-electron chi connectivity index (χ0n) is 9.03. The van der Waals surface area contributed by atoms with Crippen molar-refractivity contribution in [1.29, 1.82) is 0 Å². The van der Waals surface area contributed by atoms with E-state index in [2.05, 4.69) is 15.9 Å². The first-order chi connectivity index (χ1) is 7.65. The van der Waals surface area contributed by atoms with Gasteiger partial charge in [0.05, 0.1) is 5.92 Å². The average Bonchev–Trinajstić information content (AvgIpc) is 3.04. The molecule has 0 spiro atoms. The predicted octanol–water partition coefficient (Wildman–Crippen LogP) is 3.49. The van der Waals surface area contributed by atoms with Gasteiger partial charge in [-0.1, -0.05) is 40.9 Å². The van der Waals surface area contributed by atoms with E-state index in [1.807, 2.05) is 24.3 Å². The second kappa shape index (κ2) is 5.00. The molecule has 16 heavy (non-hydrogen) atoms. The molecule has 2 nitrogen and oxygen atoms in total. The number of carboxylic acid groups (broad SMARTS) is 1. The number of hydrogen-bond acceptors (Lipinski definition) is 1. The van der Waals surface area contributed by atoms with Crippen LogP contribution < -0.4 is 0 Å². The van der Waals surface area contributed by atoms with Crippen LogP contribution in [-0.2, 0) is 11.2 Å². The van der Waals surface area contributed by atoms with Crippen molar-refractivity contribution < 1.29 is 9.90 Å². The molecule has 0 radical (unpaired) electrons. The minimum atomic E-state index is -0.658. The largest absolute Gasteiger partial charge is 0.481 e. The van der Waals surface area contributed by atoms with Gasteiger partial charge >= 0.3 is 5.97 Å². The van der Waals surface area contributed by atoms with Crippen molar-refractivity contribution in [2.75, 3.05) is 0 Å². The van der Waals surface area contributed by atoms with Crippen LogP contribution in [-0.4, -0.2) is 11.1 Å². The molecule has 1 aliphatic rings. The summed E-state index contributed by atoms with van der Waals surface area (Å²) < 4.78 is 1.03. The van der Waals surface area contributed by atoms with E-state index in [0.29, 0.717) is 12.3 Å². The summed E-state index contributed by atoms with van der Waals surface area (Å²) in [5.41, 5.74) is 1.11. The van der Waals surface area contributed by atoms with Crippen molar-refractivity contribution in [3.05, 3.63) is 34.3 Å². The van der Waals surface area contributed by atoms with Crippen LogP contribution in [0.3, 0.4) is 0 Å². The minimum Gasteiger partial charge on any atom is -0.481 e. The minimum absolute atomic E-state index is 0.214. The van der Waals surface area contributed by atoms with E-state index in [9.17, 15) is 4.79 Å². The molecule has 1 aliphatic carbocycles. The van der Waals surface area contributed by atoms with E-state index >= 15 is 0 Å². The van der Waals surface area contributed by atoms with E-state index in [-0.39, 0.29) is 5.92 Å². The van der Waals surface area contributed by atoms with E-state index < -0.39 is 5.97 Å².